The molecule has 4 aromatic rings. The van der Waals surface area contributed by atoms with Gasteiger partial charge in [0.1, 0.15) is 24.5 Å². The topological polar surface area (TPSA) is 109 Å². The summed E-state index contributed by atoms with van der Waals surface area (Å²) >= 11 is 0. The minimum absolute atomic E-state index is 0.127. The van der Waals surface area contributed by atoms with E-state index < -0.39 is 6.10 Å². The molecule has 3 atom stereocenters. The molecule has 2 heterocycles. The van der Waals surface area contributed by atoms with Crippen molar-refractivity contribution >= 4 is 22.3 Å². The first-order valence-corrected chi connectivity index (χ1v) is 19.6. The van der Waals surface area contributed by atoms with Gasteiger partial charge in [0.25, 0.3) is 0 Å². The highest BCUT2D eigenvalue weighted by Gasteiger charge is 2.27. The standard InChI is InChI=1S/C34H38N4O5.5C2H6/c1-22-8-7-9-23(2)38(22)20-26(39)21-42-33-17-29-28(16-32(33)41-4)34(24(18-35)19-36-29)37-25-12-14-27(15-13-25)43-31-11-6-5-10-30(31)40-3;5*1-2/h5-6,10-17,19,22-23,26,39H,7-9,20-21H2,1-4H3,(H,36,37);5*1-2H3. The molecule has 3 unspecified atom stereocenters. The third-order valence-corrected chi connectivity index (χ3v) is 7.92. The van der Waals surface area contributed by atoms with Gasteiger partial charge in [0, 0.05) is 42.0 Å². The van der Waals surface area contributed by atoms with Gasteiger partial charge in [0.2, 0.25) is 0 Å². The molecule has 0 aliphatic carbocycles. The Hall–Kier alpha value is -4.52. The van der Waals surface area contributed by atoms with Crippen LogP contribution in [0.1, 0.15) is 108 Å². The first kappa shape index (κ1) is 48.5. The van der Waals surface area contributed by atoms with E-state index in [1.54, 1.807) is 26.4 Å². The number of nitrogens with zero attached hydrogens (tertiary/aromatic N) is 3. The Morgan fingerprint density at radius 3 is 1.92 bits per heavy atom. The molecule has 0 saturated carbocycles. The van der Waals surface area contributed by atoms with Gasteiger partial charge in [0.05, 0.1) is 31.0 Å². The number of ether oxygens (including phenoxy) is 4. The van der Waals surface area contributed by atoms with Crippen molar-refractivity contribution < 1.29 is 24.1 Å². The van der Waals surface area contributed by atoms with Crippen molar-refractivity contribution in [3.63, 3.8) is 0 Å². The van der Waals surface area contributed by atoms with Crippen molar-refractivity contribution in [2.45, 2.75) is 121 Å². The summed E-state index contributed by atoms with van der Waals surface area (Å²) < 4.78 is 23.1. The van der Waals surface area contributed by atoms with E-state index in [2.05, 4.69) is 35.1 Å². The molecular weight excluding hydrogens is 665 g/mol. The quantitative estimate of drug-likeness (QED) is 0.156. The van der Waals surface area contributed by atoms with Gasteiger partial charge in [-0.3, -0.25) is 9.88 Å². The molecule has 0 amide bonds. The van der Waals surface area contributed by atoms with E-state index in [1.165, 1.54) is 12.6 Å². The van der Waals surface area contributed by atoms with E-state index in [0.29, 0.717) is 69.5 Å². The molecular formula is C44H68N4O5. The molecule has 3 aromatic carbocycles. The predicted molar refractivity (Wildman–Crippen MR) is 224 cm³/mol. The molecule has 294 valence electrons. The number of para-hydroxylation sites is 2. The number of rotatable bonds is 11. The van der Waals surface area contributed by atoms with E-state index in [1.807, 2.05) is 118 Å². The van der Waals surface area contributed by atoms with Crippen LogP contribution in [0.4, 0.5) is 11.4 Å². The van der Waals surface area contributed by atoms with Crippen molar-refractivity contribution in [3.05, 3.63) is 72.4 Å². The number of pyridine rings is 1. The van der Waals surface area contributed by atoms with Gasteiger partial charge in [-0.05, 0) is 69.2 Å². The van der Waals surface area contributed by atoms with E-state index in [-0.39, 0.29) is 6.61 Å². The van der Waals surface area contributed by atoms with Gasteiger partial charge in [-0.15, -0.1) is 0 Å². The van der Waals surface area contributed by atoms with Crippen LogP contribution in [-0.4, -0.2) is 60.5 Å². The first-order valence-electron chi connectivity index (χ1n) is 19.6. The number of hydrogen-bond donors (Lipinski definition) is 2. The molecule has 1 aromatic heterocycles. The third kappa shape index (κ3) is 14.4. The zero-order valence-electron chi connectivity index (χ0n) is 35.0. The van der Waals surface area contributed by atoms with Crippen LogP contribution in [-0.2, 0) is 0 Å². The van der Waals surface area contributed by atoms with Crippen LogP contribution in [0.2, 0.25) is 0 Å². The van der Waals surface area contributed by atoms with Gasteiger partial charge in [-0.2, -0.15) is 5.26 Å². The van der Waals surface area contributed by atoms with Crippen molar-refractivity contribution in [3.8, 4) is 34.8 Å². The average Bonchev–Trinajstić information content (AvgIpc) is 3.23. The smallest absolute Gasteiger partial charge is 0.169 e. The molecule has 53 heavy (non-hydrogen) atoms. The second-order valence-corrected chi connectivity index (χ2v) is 10.9. The van der Waals surface area contributed by atoms with Crippen LogP contribution in [0, 0.1) is 11.3 Å². The molecule has 1 fully saturated rings. The second-order valence-electron chi connectivity index (χ2n) is 10.9. The Balaban J connectivity index is 0.00000249. The number of methoxy groups -OCH3 is 2. The summed E-state index contributed by atoms with van der Waals surface area (Å²) in [7, 11) is 3.17. The van der Waals surface area contributed by atoms with Crippen LogP contribution in [0.3, 0.4) is 0 Å². The summed E-state index contributed by atoms with van der Waals surface area (Å²) in [4.78, 5) is 6.86. The minimum Gasteiger partial charge on any atom is -0.493 e. The molecule has 5 rings (SSSR count). The lowest BCUT2D eigenvalue weighted by atomic mass is 9.97. The summed E-state index contributed by atoms with van der Waals surface area (Å²) in [6, 6.07) is 21.6. The summed E-state index contributed by atoms with van der Waals surface area (Å²) in [5.74, 6) is 2.87. The molecule has 0 spiro atoms. The molecule has 2 N–H and O–H groups in total. The molecule has 0 bridgehead atoms. The first-order chi connectivity index (χ1) is 25.9. The number of anilines is 2. The predicted octanol–water partition coefficient (Wildman–Crippen LogP) is 11.8. The lowest BCUT2D eigenvalue weighted by Gasteiger charge is -2.40. The normalized spacial score (nSPS) is 14.8. The number of piperidine rings is 1. The van der Waals surface area contributed by atoms with Gasteiger partial charge in [-0.25, -0.2) is 0 Å². The average molecular weight is 733 g/mol. The Morgan fingerprint density at radius 2 is 1.38 bits per heavy atom. The number of hydrogen-bond acceptors (Lipinski definition) is 9. The molecule has 9 nitrogen and oxygen atoms in total. The number of nitriles is 1. The SMILES string of the molecule is CC.CC.CC.CC.CC.COc1cc2c(Nc3ccc(Oc4ccccc4OC)cc3)c(C#N)cnc2cc1OCC(O)CN1C(C)CCCC1C. The van der Waals surface area contributed by atoms with Crippen molar-refractivity contribution in [2.24, 2.45) is 0 Å². The van der Waals surface area contributed by atoms with Crippen LogP contribution in [0.15, 0.2) is 66.9 Å². The van der Waals surface area contributed by atoms with Crippen molar-refractivity contribution in [2.75, 3.05) is 32.7 Å². The molecule has 1 aliphatic heterocycles. The van der Waals surface area contributed by atoms with Crippen LogP contribution in [0.25, 0.3) is 10.9 Å². The van der Waals surface area contributed by atoms with E-state index in [0.717, 1.165) is 18.5 Å². The maximum atomic E-state index is 10.8. The highest BCUT2D eigenvalue weighted by molar-refractivity contribution is 5.97. The van der Waals surface area contributed by atoms with E-state index >= 15 is 0 Å². The molecule has 1 saturated heterocycles. The fourth-order valence-electron chi connectivity index (χ4n) is 5.59. The maximum Gasteiger partial charge on any atom is 0.169 e. The van der Waals surface area contributed by atoms with Gasteiger partial charge < -0.3 is 29.4 Å². The lowest BCUT2D eigenvalue weighted by Crippen LogP contribution is -2.48. The Morgan fingerprint density at radius 1 is 0.811 bits per heavy atom. The second kappa shape index (κ2) is 28.0. The van der Waals surface area contributed by atoms with Crippen LogP contribution in [0.5, 0.6) is 28.7 Å². The number of likely N-dealkylation sites (tertiary alicyclic amines) is 1. The number of aromatic nitrogens is 1. The Bertz CT molecular complexity index is 1580. The van der Waals surface area contributed by atoms with Crippen molar-refractivity contribution in [1.29, 1.82) is 5.26 Å². The monoisotopic (exact) mass is 733 g/mol. The molecule has 0 radical (unpaired) electrons. The number of fused-ring (bicyclic) bond motifs is 1. The number of nitrogens with one attached hydrogen (secondary N) is 1. The number of aliphatic hydroxyl groups excluding tert-OH is 1. The molecule has 9 heteroatoms. The highest BCUT2D eigenvalue weighted by atomic mass is 16.5. The zero-order chi connectivity index (χ0) is 40.3. The van der Waals surface area contributed by atoms with E-state index in [4.69, 9.17) is 18.9 Å². The Labute approximate surface area is 321 Å². The summed E-state index contributed by atoms with van der Waals surface area (Å²) in [5, 5.41) is 24.7. The summed E-state index contributed by atoms with van der Waals surface area (Å²) in [6.45, 7) is 25.1. The largest absolute Gasteiger partial charge is 0.493 e. The Kier molecular flexibility index (Phi) is 25.7. The van der Waals surface area contributed by atoms with Crippen LogP contribution >= 0.6 is 0 Å². The van der Waals surface area contributed by atoms with E-state index in [9.17, 15) is 10.4 Å². The fourth-order valence-corrected chi connectivity index (χ4v) is 5.59. The van der Waals surface area contributed by atoms with Gasteiger partial charge in [-0.1, -0.05) is 87.8 Å². The van der Waals surface area contributed by atoms with Crippen LogP contribution < -0.4 is 24.3 Å². The highest BCUT2D eigenvalue weighted by Crippen LogP contribution is 2.38. The number of benzene rings is 3. The third-order valence-electron chi connectivity index (χ3n) is 7.92. The summed E-state index contributed by atoms with van der Waals surface area (Å²) in [5.41, 5.74) is 2.38. The lowest BCUT2D eigenvalue weighted by molar-refractivity contribution is 0.0205. The molecule has 1 aliphatic rings. The van der Waals surface area contributed by atoms with Gasteiger partial charge in [0.15, 0.2) is 23.0 Å². The van der Waals surface area contributed by atoms with Crippen molar-refractivity contribution in [1.82, 2.24) is 9.88 Å². The fraction of sp³-hybridized carbons (Fsp3) is 0.500. The number of β-amino-alcohol motifs (C(OH)–C–C–N with tert-alkyl or cyclic N) is 1. The maximum absolute atomic E-state index is 10.8. The summed E-state index contributed by atoms with van der Waals surface area (Å²) in [6.07, 6.45) is 4.40. The minimum atomic E-state index is -0.649. The number of aliphatic hydroxyl groups is 1. The zero-order valence-corrected chi connectivity index (χ0v) is 35.0. The van der Waals surface area contributed by atoms with Gasteiger partial charge >= 0.3 is 0 Å².